The van der Waals surface area contributed by atoms with Gasteiger partial charge in [-0.15, -0.1) is 0 Å². The van der Waals surface area contributed by atoms with Gasteiger partial charge >= 0.3 is 23.9 Å². The van der Waals surface area contributed by atoms with Gasteiger partial charge in [0.15, 0.2) is 0 Å². The largest absolute Gasteiger partial charge is 0.481 e. The van der Waals surface area contributed by atoms with E-state index in [-0.39, 0.29) is 38.0 Å². The van der Waals surface area contributed by atoms with E-state index >= 15 is 0 Å². The van der Waals surface area contributed by atoms with Crippen molar-refractivity contribution in [3.63, 3.8) is 0 Å². The van der Waals surface area contributed by atoms with Crippen LogP contribution < -0.4 is 0 Å². The summed E-state index contributed by atoms with van der Waals surface area (Å²) in [6.07, 6.45) is 11.2. The Morgan fingerprint density at radius 1 is 0.594 bits per heavy atom. The number of unbranched alkanes of at least 4 members (excludes halogenated alkanes) is 7. The van der Waals surface area contributed by atoms with Crippen molar-refractivity contribution >= 4 is 23.9 Å². The average Bonchev–Trinajstić information content (AvgIpc) is 2.74. The third-order valence-corrected chi connectivity index (χ3v) is 4.74. The minimum atomic E-state index is -0.789. The molecule has 2 N–H and O–H groups in total. The second-order valence-corrected chi connectivity index (χ2v) is 7.74. The van der Waals surface area contributed by atoms with Crippen molar-refractivity contribution in [3.05, 3.63) is 23.3 Å². The first-order chi connectivity index (χ1) is 15.2. The minimum absolute atomic E-state index is 0.173. The lowest BCUT2D eigenvalue weighted by Gasteiger charge is -2.07. The van der Waals surface area contributed by atoms with Crippen molar-refractivity contribution in [2.45, 2.75) is 90.9 Å². The number of ether oxygens (including phenoxy) is 2. The Morgan fingerprint density at radius 2 is 0.969 bits per heavy atom. The lowest BCUT2D eigenvalue weighted by molar-refractivity contribution is -0.141. The van der Waals surface area contributed by atoms with Crippen LogP contribution >= 0.6 is 0 Å². The zero-order valence-corrected chi connectivity index (χ0v) is 19.4. The van der Waals surface area contributed by atoms with Crippen molar-refractivity contribution in [1.29, 1.82) is 0 Å². The molecule has 32 heavy (non-hydrogen) atoms. The van der Waals surface area contributed by atoms with Crippen LogP contribution in [0, 0.1) is 0 Å². The van der Waals surface area contributed by atoms with E-state index in [0.717, 1.165) is 25.7 Å². The maximum Gasteiger partial charge on any atom is 0.333 e. The van der Waals surface area contributed by atoms with Crippen LogP contribution in [0.1, 0.15) is 90.9 Å². The van der Waals surface area contributed by atoms with Gasteiger partial charge in [0.05, 0.1) is 13.2 Å². The summed E-state index contributed by atoms with van der Waals surface area (Å²) in [4.78, 5) is 44.6. The molecule has 0 bridgehead atoms. The molecule has 0 amide bonds. The summed E-state index contributed by atoms with van der Waals surface area (Å²) in [6, 6.07) is 0. The van der Waals surface area contributed by atoms with Crippen LogP contribution in [0.2, 0.25) is 0 Å². The summed E-state index contributed by atoms with van der Waals surface area (Å²) >= 11 is 0. The molecule has 0 saturated heterocycles. The molecule has 0 aromatic rings. The molecular formula is C24H38O8. The zero-order chi connectivity index (χ0) is 24.2. The highest BCUT2D eigenvalue weighted by molar-refractivity contribution is 5.88. The number of hydrogen-bond acceptors (Lipinski definition) is 6. The van der Waals surface area contributed by atoms with Gasteiger partial charge in [-0.05, 0) is 65.2 Å². The molecule has 0 atom stereocenters. The first-order valence-electron chi connectivity index (χ1n) is 11.4. The average molecular weight is 455 g/mol. The van der Waals surface area contributed by atoms with Gasteiger partial charge in [-0.1, -0.05) is 25.0 Å². The Balaban J connectivity index is 3.78. The fraction of sp³-hybridized carbons (Fsp3) is 0.667. The molecule has 0 heterocycles. The van der Waals surface area contributed by atoms with Crippen LogP contribution in [0.25, 0.3) is 0 Å². The molecule has 0 unspecified atom stereocenters. The number of esters is 2. The van der Waals surface area contributed by atoms with E-state index < -0.39 is 11.9 Å². The highest BCUT2D eigenvalue weighted by atomic mass is 16.5. The summed E-state index contributed by atoms with van der Waals surface area (Å²) in [5.74, 6) is -2.31. The molecule has 8 nitrogen and oxygen atoms in total. The molecule has 182 valence electrons. The highest BCUT2D eigenvalue weighted by Crippen LogP contribution is 2.09. The molecule has 8 heteroatoms. The van der Waals surface area contributed by atoms with Gasteiger partial charge in [0, 0.05) is 24.0 Å². The molecule has 0 rings (SSSR count). The predicted molar refractivity (Wildman–Crippen MR) is 120 cm³/mol. The van der Waals surface area contributed by atoms with E-state index in [2.05, 4.69) is 0 Å². The van der Waals surface area contributed by atoms with Gasteiger partial charge in [0.1, 0.15) is 0 Å². The van der Waals surface area contributed by atoms with Gasteiger partial charge in [0.25, 0.3) is 0 Å². The van der Waals surface area contributed by atoms with Crippen LogP contribution in [0.5, 0.6) is 0 Å². The summed E-state index contributed by atoms with van der Waals surface area (Å²) in [5, 5.41) is 17.1. The summed E-state index contributed by atoms with van der Waals surface area (Å²) < 4.78 is 10.4. The highest BCUT2D eigenvalue weighted by Gasteiger charge is 2.07. The molecule has 0 fully saturated rings. The van der Waals surface area contributed by atoms with Gasteiger partial charge in [-0.25, -0.2) is 9.59 Å². The smallest absolute Gasteiger partial charge is 0.333 e. The fourth-order valence-electron chi connectivity index (χ4n) is 2.76. The zero-order valence-electron chi connectivity index (χ0n) is 19.4. The maximum absolute atomic E-state index is 11.9. The maximum atomic E-state index is 11.9. The Bertz CT molecular complexity index is 592. The van der Waals surface area contributed by atoms with Gasteiger partial charge in [-0.2, -0.15) is 0 Å². The number of rotatable bonds is 19. The van der Waals surface area contributed by atoms with Crippen LogP contribution in [-0.4, -0.2) is 47.3 Å². The molecule has 0 aliphatic rings. The molecule has 0 aromatic heterocycles. The van der Waals surface area contributed by atoms with Crippen molar-refractivity contribution in [2.24, 2.45) is 0 Å². The van der Waals surface area contributed by atoms with E-state index in [1.807, 2.05) is 12.2 Å². The van der Waals surface area contributed by atoms with Gasteiger partial charge in [0.2, 0.25) is 0 Å². The molecule has 0 radical (unpaired) electrons. The quantitative estimate of drug-likeness (QED) is 0.162. The minimum Gasteiger partial charge on any atom is -0.481 e. The van der Waals surface area contributed by atoms with E-state index in [9.17, 15) is 19.2 Å². The first kappa shape index (κ1) is 29.4. The summed E-state index contributed by atoms with van der Waals surface area (Å²) in [7, 11) is 0. The monoisotopic (exact) mass is 454 g/mol. The third-order valence-electron chi connectivity index (χ3n) is 4.74. The number of allylic oxidation sites excluding steroid dienone is 2. The number of aliphatic carboxylic acids is 2. The van der Waals surface area contributed by atoms with Crippen LogP contribution in [0.4, 0.5) is 0 Å². The topological polar surface area (TPSA) is 127 Å². The van der Waals surface area contributed by atoms with Crippen molar-refractivity contribution in [2.75, 3.05) is 13.2 Å². The Hall–Kier alpha value is -2.64. The Labute approximate surface area is 190 Å². The van der Waals surface area contributed by atoms with Gasteiger partial charge in [-0.3, -0.25) is 9.59 Å². The normalized spacial score (nSPS) is 11.8. The SMILES string of the molecule is CC(=CCCCCCC(=O)O)C(=O)OCCCCOC(=O)C(C)=CCCCCCC(=O)O. The second kappa shape index (κ2) is 19.1. The van der Waals surface area contributed by atoms with E-state index in [1.54, 1.807) is 13.8 Å². The van der Waals surface area contributed by atoms with E-state index in [4.69, 9.17) is 19.7 Å². The number of carbonyl (C=O) groups excluding carboxylic acids is 2. The second-order valence-electron chi connectivity index (χ2n) is 7.74. The lowest BCUT2D eigenvalue weighted by Crippen LogP contribution is -2.10. The summed E-state index contributed by atoms with van der Waals surface area (Å²) in [6.45, 7) is 3.90. The summed E-state index contributed by atoms with van der Waals surface area (Å²) in [5.41, 5.74) is 1.08. The van der Waals surface area contributed by atoms with Crippen LogP contribution in [-0.2, 0) is 28.7 Å². The first-order valence-corrected chi connectivity index (χ1v) is 11.4. The van der Waals surface area contributed by atoms with Crippen molar-refractivity contribution in [1.82, 2.24) is 0 Å². The van der Waals surface area contributed by atoms with E-state index in [1.165, 1.54) is 0 Å². The number of carboxylic acid groups (broad SMARTS) is 2. The van der Waals surface area contributed by atoms with Gasteiger partial charge < -0.3 is 19.7 Å². The fourth-order valence-corrected chi connectivity index (χ4v) is 2.76. The molecular weight excluding hydrogens is 416 g/mol. The van der Waals surface area contributed by atoms with Crippen LogP contribution in [0.15, 0.2) is 23.3 Å². The number of carbonyl (C=O) groups is 4. The predicted octanol–water partition coefficient (Wildman–Crippen LogP) is 4.82. The molecule has 0 aliphatic heterocycles. The molecule has 0 aliphatic carbocycles. The molecule has 0 spiro atoms. The van der Waals surface area contributed by atoms with Crippen LogP contribution in [0.3, 0.4) is 0 Å². The van der Waals surface area contributed by atoms with E-state index in [0.29, 0.717) is 49.7 Å². The Morgan fingerprint density at radius 3 is 1.31 bits per heavy atom. The van der Waals surface area contributed by atoms with Crippen molar-refractivity contribution in [3.8, 4) is 0 Å². The third kappa shape index (κ3) is 18.2. The molecule has 0 saturated carbocycles. The molecule has 0 aromatic carbocycles. The lowest BCUT2D eigenvalue weighted by atomic mass is 10.1. The Kier molecular flexibility index (Phi) is 17.5. The van der Waals surface area contributed by atoms with Crippen molar-refractivity contribution < 1.29 is 38.9 Å². The number of carboxylic acids is 2. The number of hydrogen-bond donors (Lipinski definition) is 2. The standard InChI is InChI=1S/C24H38O8/c1-19(13-7-3-5-9-15-21(25)26)23(29)31-17-11-12-18-32-24(30)20(2)14-8-4-6-10-16-22(27)28/h13-14H,3-12,15-18H2,1-2H3,(H,25,26)(H,27,28).